The minimum Gasteiger partial charge on any atom is -0.496 e. The van der Waals surface area contributed by atoms with Crippen molar-refractivity contribution in [1.82, 2.24) is 0 Å². The molecule has 0 saturated heterocycles. The van der Waals surface area contributed by atoms with Gasteiger partial charge in [0.25, 0.3) is 5.91 Å². The van der Waals surface area contributed by atoms with Gasteiger partial charge in [0.15, 0.2) is 6.04 Å². The molecule has 0 saturated carbocycles. The van der Waals surface area contributed by atoms with E-state index in [2.05, 4.69) is 6.58 Å². The smallest absolute Gasteiger partial charge is 0.331 e. The molecule has 0 radical (unpaired) electrons. The highest BCUT2D eigenvalue weighted by atomic mass is 16.5. The largest absolute Gasteiger partial charge is 0.496 e. The van der Waals surface area contributed by atoms with E-state index in [4.69, 9.17) is 4.74 Å². The van der Waals surface area contributed by atoms with Gasteiger partial charge in [-0.1, -0.05) is 54.6 Å². The zero-order chi connectivity index (χ0) is 22.2. The molecule has 0 fully saturated rings. The van der Waals surface area contributed by atoms with Crippen molar-refractivity contribution < 1.29 is 19.4 Å². The number of aryl methyl sites for hydroxylation is 1. The van der Waals surface area contributed by atoms with Crippen LogP contribution < -0.4 is 9.64 Å². The second-order valence-corrected chi connectivity index (χ2v) is 7.02. The molecule has 31 heavy (non-hydrogen) atoms. The van der Waals surface area contributed by atoms with Crippen molar-refractivity contribution in [1.29, 1.82) is 0 Å². The summed E-state index contributed by atoms with van der Waals surface area (Å²) in [6.07, 6.45) is 3.21. The summed E-state index contributed by atoms with van der Waals surface area (Å²) in [5, 5.41) is 10.1. The van der Waals surface area contributed by atoms with Crippen molar-refractivity contribution in [3.63, 3.8) is 0 Å². The van der Waals surface area contributed by atoms with Crippen LogP contribution in [-0.2, 0) is 11.2 Å². The highest BCUT2D eigenvalue weighted by Gasteiger charge is 2.33. The molecular weight excluding hydrogens is 390 g/mol. The molecular formula is C26H25NO4. The molecule has 0 aromatic heterocycles. The third-order valence-electron chi connectivity index (χ3n) is 5.01. The lowest BCUT2D eigenvalue weighted by Gasteiger charge is -2.30. The first-order valence-corrected chi connectivity index (χ1v) is 10.0. The standard InChI is InChI=1S/C26H25NO4/c1-3-4-11-20-18-21(16-17-23(20)31-2)25(28)27(22-14-9-6-10-15-22)24(26(29)30)19-12-7-5-8-13-19/h3,5-10,12-18,24H,1,4,11H2,2H3,(H,29,30). The van der Waals surface area contributed by atoms with Crippen LogP contribution in [0.4, 0.5) is 5.69 Å². The van der Waals surface area contributed by atoms with E-state index in [0.717, 1.165) is 12.0 Å². The maximum Gasteiger partial charge on any atom is 0.331 e. The Morgan fingerprint density at radius 1 is 1.03 bits per heavy atom. The Kier molecular flexibility index (Phi) is 7.22. The number of nitrogens with zero attached hydrogens (tertiary/aromatic N) is 1. The number of allylic oxidation sites excluding steroid dienone is 1. The Labute approximate surface area is 182 Å². The van der Waals surface area contributed by atoms with Gasteiger partial charge < -0.3 is 9.84 Å². The molecule has 1 N–H and O–H groups in total. The summed E-state index contributed by atoms with van der Waals surface area (Å²) in [5.41, 5.74) is 2.29. The summed E-state index contributed by atoms with van der Waals surface area (Å²) in [6, 6.07) is 21.6. The van der Waals surface area contributed by atoms with E-state index in [1.165, 1.54) is 4.90 Å². The molecule has 3 rings (SSSR count). The lowest BCUT2D eigenvalue weighted by atomic mass is 10.0. The summed E-state index contributed by atoms with van der Waals surface area (Å²) in [6.45, 7) is 3.75. The molecule has 0 bridgehead atoms. The Hall–Kier alpha value is -3.86. The Balaban J connectivity index is 2.11. The quantitative estimate of drug-likeness (QED) is 0.483. The average Bonchev–Trinajstić information content (AvgIpc) is 2.81. The van der Waals surface area contributed by atoms with Gasteiger partial charge in [-0.2, -0.15) is 0 Å². The van der Waals surface area contributed by atoms with Crippen LogP contribution in [0.2, 0.25) is 0 Å². The monoisotopic (exact) mass is 415 g/mol. The number of benzene rings is 3. The number of carboxylic acid groups (broad SMARTS) is 1. The van der Waals surface area contributed by atoms with Gasteiger partial charge in [-0.05, 0) is 54.3 Å². The van der Waals surface area contributed by atoms with Gasteiger partial charge in [-0.3, -0.25) is 9.69 Å². The third kappa shape index (κ3) is 5.01. The molecule has 3 aromatic carbocycles. The van der Waals surface area contributed by atoms with Crippen LogP contribution in [0.25, 0.3) is 0 Å². The van der Waals surface area contributed by atoms with Crippen LogP contribution in [-0.4, -0.2) is 24.1 Å². The summed E-state index contributed by atoms with van der Waals surface area (Å²) < 4.78 is 5.42. The Morgan fingerprint density at radius 3 is 2.26 bits per heavy atom. The highest BCUT2D eigenvalue weighted by molar-refractivity contribution is 6.09. The van der Waals surface area contributed by atoms with Gasteiger partial charge in [-0.15, -0.1) is 6.58 Å². The van der Waals surface area contributed by atoms with Crippen LogP contribution in [0.3, 0.4) is 0 Å². The molecule has 0 aliphatic carbocycles. The number of aliphatic carboxylic acids is 1. The summed E-state index contributed by atoms with van der Waals surface area (Å²) in [4.78, 5) is 27.4. The number of methoxy groups -OCH3 is 1. The second kappa shape index (κ2) is 10.3. The van der Waals surface area contributed by atoms with Crippen molar-refractivity contribution >= 4 is 17.6 Å². The number of carbonyl (C=O) groups is 2. The topological polar surface area (TPSA) is 66.8 Å². The zero-order valence-corrected chi connectivity index (χ0v) is 17.4. The molecule has 5 heteroatoms. The van der Waals surface area contributed by atoms with E-state index in [1.54, 1.807) is 79.9 Å². The Morgan fingerprint density at radius 2 is 1.68 bits per heavy atom. The van der Waals surface area contributed by atoms with Gasteiger partial charge in [-0.25, -0.2) is 4.79 Å². The number of carboxylic acids is 1. The molecule has 158 valence electrons. The van der Waals surface area contributed by atoms with Crippen LogP contribution in [0.5, 0.6) is 5.75 Å². The maximum absolute atomic E-state index is 13.7. The van der Waals surface area contributed by atoms with Crippen LogP contribution in [0.1, 0.15) is 33.9 Å². The second-order valence-electron chi connectivity index (χ2n) is 7.02. The van der Waals surface area contributed by atoms with E-state index in [0.29, 0.717) is 29.0 Å². The lowest BCUT2D eigenvalue weighted by Crippen LogP contribution is -2.39. The average molecular weight is 415 g/mol. The maximum atomic E-state index is 13.7. The van der Waals surface area contributed by atoms with Gasteiger partial charge in [0.1, 0.15) is 5.75 Å². The summed E-state index contributed by atoms with van der Waals surface area (Å²) in [7, 11) is 1.58. The van der Waals surface area contributed by atoms with Crippen molar-refractivity contribution in [2.24, 2.45) is 0 Å². The fourth-order valence-corrected chi connectivity index (χ4v) is 3.51. The summed E-state index contributed by atoms with van der Waals surface area (Å²) >= 11 is 0. The van der Waals surface area contributed by atoms with Crippen molar-refractivity contribution in [2.75, 3.05) is 12.0 Å². The van der Waals surface area contributed by atoms with Crippen LogP contribution in [0, 0.1) is 0 Å². The van der Waals surface area contributed by atoms with E-state index in [-0.39, 0.29) is 0 Å². The molecule has 0 aliphatic rings. The predicted molar refractivity (Wildman–Crippen MR) is 122 cm³/mol. The molecule has 0 aliphatic heterocycles. The molecule has 0 spiro atoms. The number of rotatable bonds is 9. The number of hydrogen-bond acceptors (Lipinski definition) is 3. The van der Waals surface area contributed by atoms with Gasteiger partial charge in [0, 0.05) is 11.3 Å². The van der Waals surface area contributed by atoms with Crippen molar-refractivity contribution in [3.8, 4) is 5.75 Å². The normalized spacial score (nSPS) is 11.4. The van der Waals surface area contributed by atoms with Gasteiger partial charge >= 0.3 is 5.97 Å². The Bertz CT molecular complexity index is 1050. The van der Waals surface area contributed by atoms with Gasteiger partial charge in [0.05, 0.1) is 7.11 Å². The minimum absolute atomic E-state index is 0.394. The van der Waals surface area contributed by atoms with Gasteiger partial charge in [0.2, 0.25) is 0 Å². The first kappa shape index (κ1) is 21.8. The van der Waals surface area contributed by atoms with Crippen molar-refractivity contribution in [2.45, 2.75) is 18.9 Å². The number of hydrogen-bond donors (Lipinski definition) is 1. The van der Waals surface area contributed by atoms with E-state index >= 15 is 0 Å². The zero-order valence-electron chi connectivity index (χ0n) is 17.4. The molecule has 3 aromatic rings. The first-order valence-electron chi connectivity index (χ1n) is 10.0. The van der Waals surface area contributed by atoms with Crippen LogP contribution >= 0.6 is 0 Å². The van der Waals surface area contributed by atoms with E-state index in [9.17, 15) is 14.7 Å². The molecule has 0 heterocycles. The molecule has 1 atom stereocenters. The number of amides is 1. The fraction of sp³-hybridized carbons (Fsp3) is 0.154. The highest BCUT2D eigenvalue weighted by Crippen LogP contribution is 2.31. The number of para-hydroxylation sites is 1. The fourth-order valence-electron chi connectivity index (χ4n) is 3.51. The van der Waals surface area contributed by atoms with Crippen LogP contribution in [0.15, 0.2) is 91.5 Å². The number of carbonyl (C=O) groups excluding carboxylic acids is 1. The molecule has 5 nitrogen and oxygen atoms in total. The molecule has 1 amide bonds. The lowest BCUT2D eigenvalue weighted by molar-refractivity contribution is -0.138. The first-order chi connectivity index (χ1) is 15.1. The number of anilines is 1. The summed E-state index contributed by atoms with van der Waals surface area (Å²) in [5.74, 6) is -0.823. The SMILES string of the molecule is C=CCCc1cc(C(=O)N(c2ccccc2)C(C(=O)O)c2ccccc2)ccc1OC. The van der Waals surface area contributed by atoms with E-state index in [1.807, 2.05) is 12.1 Å². The van der Waals surface area contributed by atoms with Crippen molar-refractivity contribution in [3.05, 3.63) is 108 Å². The predicted octanol–water partition coefficient (Wildman–Crippen LogP) is 5.29. The number of ether oxygens (including phenoxy) is 1. The third-order valence-corrected chi connectivity index (χ3v) is 5.01. The van der Waals surface area contributed by atoms with E-state index < -0.39 is 17.9 Å². The minimum atomic E-state index is -1.17. The molecule has 1 unspecified atom stereocenters.